The maximum absolute atomic E-state index is 8.95. The molecule has 15 heavy (non-hydrogen) atoms. The number of hydrogen-bond acceptors (Lipinski definition) is 3. The largest absolute Gasteiger partial charge is 0.384 e. The Morgan fingerprint density at radius 1 is 1.47 bits per heavy atom. The second-order valence-corrected chi connectivity index (χ2v) is 4.23. The zero-order valence-electron chi connectivity index (χ0n) is 8.74. The van der Waals surface area contributed by atoms with Crippen molar-refractivity contribution in [3.05, 3.63) is 23.4 Å². The maximum atomic E-state index is 8.95. The molecule has 78 valence electrons. The van der Waals surface area contributed by atoms with Gasteiger partial charge < -0.3 is 5.73 Å². The summed E-state index contributed by atoms with van der Waals surface area (Å²) in [6.07, 6.45) is 7.79. The Kier molecular flexibility index (Phi) is 2.86. The van der Waals surface area contributed by atoms with Crippen LogP contribution in [0.4, 0.5) is 5.82 Å². The van der Waals surface area contributed by atoms with Crippen molar-refractivity contribution in [3.8, 4) is 6.07 Å². The predicted molar refractivity (Wildman–Crippen MR) is 59.0 cm³/mol. The monoisotopic (exact) mass is 201 g/mol. The summed E-state index contributed by atoms with van der Waals surface area (Å²) in [5.41, 5.74) is 7.38. The van der Waals surface area contributed by atoms with Crippen LogP contribution in [0.25, 0.3) is 0 Å². The summed E-state index contributed by atoms with van der Waals surface area (Å²) >= 11 is 0. The molecule has 2 N–H and O–H groups in total. The van der Waals surface area contributed by atoms with Crippen LogP contribution in [0.2, 0.25) is 0 Å². The molecule has 1 aromatic rings. The Balaban J connectivity index is 2.18. The molecular formula is C12H15N3. The van der Waals surface area contributed by atoms with Crippen LogP contribution in [0.15, 0.2) is 12.3 Å². The van der Waals surface area contributed by atoms with Gasteiger partial charge in [0.1, 0.15) is 11.9 Å². The molecule has 3 nitrogen and oxygen atoms in total. The molecule has 0 amide bonds. The van der Waals surface area contributed by atoms with Crippen LogP contribution in [0, 0.1) is 17.2 Å². The lowest BCUT2D eigenvalue weighted by Gasteiger charge is -2.10. The van der Waals surface area contributed by atoms with Crippen molar-refractivity contribution in [3.63, 3.8) is 0 Å². The van der Waals surface area contributed by atoms with Crippen LogP contribution in [0.3, 0.4) is 0 Å². The van der Waals surface area contributed by atoms with E-state index < -0.39 is 0 Å². The van der Waals surface area contributed by atoms with Gasteiger partial charge in [0, 0.05) is 6.20 Å². The minimum absolute atomic E-state index is 0.516. The third-order valence-electron chi connectivity index (χ3n) is 3.11. The van der Waals surface area contributed by atoms with E-state index in [1.807, 2.05) is 6.07 Å². The number of hydrogen-bond donors (Lipinski definition) is 1. The summed E-state index contributed by atoms with van der Waals surface area (Å²) in [5.74, 6) is 1.25. The quantitative estimate of drug-likeness (QED) is 0.798. The fourth-order valence-electron chi connectivity index (χ4n) is 2.31. The first-order valence-electron chi connectivity index (χ1n) is 5.44. The average molecular weight is 201 g/mol. The second kappa shape index (κ2) is 4.31. The molecule has 0 spiro atoms. The number of nitrogens with two attached hydrogens (primary N) is 1. The topological polar surface area (TPSA) is 62.7 Å². The molecule has 1 aromatic heterocycles. The Morgan fingerprint density at radius 3 is 2.87 bits per heavy atom. The summed E-state index contributed by atoms with van der Waals surface area (Å²) in [6.45, 7) is 0. The number of nitriles is 1. The molecule has 1 heterocycles. The van der Waals surface area contributed by atoms with Gasteiger partial charge in [-0.15, -0.1) is 0 Å². The maximum Gasteiger partial charge on any atom is 0.123 e. The normalized spacial score (nSPS) is 16.5. The fourth-order valence-corrected chi connectivity index (χ4v) is 2.31. The molecule has 3 heteroatoms. The van der Waals surface area contributed by atoms with E-state index in [-0.39, 0.29) is 0 Å². The van der Waals surface area contributed by atoms with Crippen LogP contribution in [-0.2, 0) is 6.42 Å². The van der Waals surface area contributed by atoms with Crippen LogP contribution in [0.1, 0.15) is 36.8 Å². The van der Waals surface area contributed by atoms with Crippen molar-refractivity contribution in [2.45, 2.75) is 32.1 Å². The molecule has 2 rings (SSSR count). The van der Waals surface area contributed by atoms with Crippen LogP contribution >= 0.6 is 0 Å². The molecular weight excluding hydrogens is 186 g/mol. The fraction of sp³-hybridized carbons (Fsp3) is 0.500. The molecule has 1 fully saturated rings. The average Bonchev–Trinajstić information content (AvgIpc) is 2.71. The van der Waals surface area contributed by atoms with Gasteiger partial charge >= 0.3 is 0 Å². The van der Waals surface area contributed by atoms with E-state index in [0.717, 1.165) is 17.9 Å². The van der Waals surface area contributed by atoms with E-state index in [0.29, 0.717) is 11.4 Å². The number of pyridine rings is 1. The van der Waals surface area contributed by atoms with E-state index >= 15 is 0 Å². The standard InChI is InChI=1S/C12H15N3/c13-7-11-8-15-12(14)6-10(11)5-9-3-1-2-4-9/h6,8-9H,1-5H2,(H2,14,15). The number of nitrogen functional groups attached to an aromatic ring is 1. The van der Waals surface area contributed by atoms with E-state index in [2.05, 4.69) is 11.1 Å². The van der Waals surface area contributed by atoms with Crippen molar-refractivity contribution < 1.29 is 0 Å². The lowest BCUT2D eigenvalue weighted by molar-refractivity contribution is 0.546. The molecule has 0 bridgehead atoms. The first-order chi connectivity index (χ1) is 7.29. The zero-order chi connectivity index (χ0) is 10.7. The third kappa shape index (κ3) is 2.27. The van der Waals surface area contributed by atoms with Crippen LogP contribution in [0.5, 0.6) is 0 Å². The molecule has 1 saturated carbocycles. The predicted octanol–water partition coefficient (Wildman–Crippen LogP) is 2.27. The molecule has 0 aromatic carbocycles. The first kappa shape index (κ1) is 9.97. The Bertz CT molecular complexity index is 386. The van der Waals surface area contributed by atoms with Gasteiger partial charge in [0.05, 0.1) is 5.56 Å². The van der Waals surface area contributed by atoms with Crippen molar-refractivity contribution in [2.24, 2.45) is 5.92 Å². The SMILES string of the molecule is N#Cc1cnc(N)cc1CC1CCCC1. The Labute approximate surface area is 89.9 Å². The molecule has 0 atom stereocenters. The van der Waals surface area contributed by atoms with Crippen molar-refractivity contribution >= 4 is 5.82 Å². The lowest BCUT2D eigenvalue weighted by Crippen LogP contribution is -2.03. The highest BCUT2D eigenvalue weighted by atomic mass is 14.8. The van der Waals surface area contributed by atoms with Crippen molar-refractivity contribution in [2.75, 3.05) is 5.73 Å². The van der Waals surface area contributed by atoms with E-state index in [1.165, 1.54) is 25.7 Å². The second-order valence-electron chi connectivity index (χ2n) is 4.23. The molecule has 0 saturated heterocycles. The molecule has 1 aliphatic carbocycles. The summed E-state index contributed by atoms with van der Waals surface area (Å²) in [5, 5.41) is 8.95. The first-order valence-corrected chi connectivity index (χ1v) is 5.44. The summed E-state index contributed by atoms with van der Waals surface area (Å²) < 4.78 is 0. The Morgan fingerprint density at radius 2 is 2.20 bits per heavy atom. The van der Waals surface area contributed by atoms with E-state index in [1.54, 1.807) is 6.20 Å². The number of nitrogens with zero attached hydrogens (tertiary/aromatic N) is 2. The van der Waals surface area contributed by atoms with E-state index in [4.69, 9.17) is 11.0 Å². The third-order valence-corrected chi connectivity index (χ3v) is 3.11. The van der Waals surface area contributed by atoms with Crippen LogP contribution < -0.4 is 5.73 Å². The number of rotatable bonds is 2. The van der Waals surface area contributed by atoms with Gasteiger partial charge in [-0.1, -0.05) is 25.7 Å². The molecule has 1 aliphatic rings. The minimum atomic E-state index is 0.516. The van der Waals surface area contributed by atoms with Crippen molar-refractivity contribution in [1.82, 2.24) is 4.98 Å². The van der Waals surface area contributed by atoms with E-state index in [9.17, 15) is 0 Å². The van der Waals surface area contributed by atoms with Gasteiger partial charge in [0.25, 0.3) is 0 Å². The molecule has 0 unspecified atom stereocenters. The lowest BCUT2D eigenvalue weighted by atomic mass is 9.96. The minimum Gasteiger partial charge on any atom is -0.384 e. The summed E-state index contributed by atoms with van der Waals surface area (Å²) in [4.78, 5) is 3.94. The number of aromatic nitrogens is 1. The molecule has 0 radical (unpaired) electrons. The van der Waals surface area contributed by atoms with Gasteiger partial charge in [-0.3, -0.25) is 0 Å². The van der Waals surface area contributed by atoms with Gasteiger partial charge in [0.15, 0.2) is 0 Å². The van der Waals surface area contributed by atoms with Crippen LogP contribution in [-0.4, -0.2) is 4.98 Å². The highest BCUT2D eigenvalue weighted by Crippen LogP contribution is 2.29. The Hall–Kier alpha value is -1.56. The summed E-state index contributed by atoms with van der Waals surface area (Å²) in [7, 11) is 0. The van der Waals surface area contributed by atoms with Gasteiger partial charge in [-0.2, -0.15) is 5.26 Å². The van der Waals surface area contributed by atoms with Crippen molar-refractivity contribution in [1.29, 1.82) is 5.26 Å². The summed E-state index contributed by atoms with van der Waals surface area (Å²) in [6, 6.07) is 4.02. The zero-order valence-corrected chi connectivity index (χ0v) is 8.74. The highest BCUT2D eigenvalue weighted by Gasteiger charge is 2.17. The molecule has 0 aliphatic heterocycles. The highest BCUT2D eigenvalue weighted by molar-refractivity contribution is 5.43. The van der Waals surface area contributed by atoms with Gasteiger partial charge in [-0.25, -0.2) is 4.98 Å². The smallest absolute Gasteiger partial charge is 0.123 e. The number of anilines is 1. The van der Waals surface area contributed by atoms with Gasteiger partial charge in [-0.05, 0) is 24.0 Å². The van der Waals surface area contributed by atoms with Gasteiger partial charge in [0.2, 0.25) is 0 Å².